The van der Waals surface area contributed by atoms with Gasteiger partial charge >= 0.3 is 0 Å². The van der Waals surface area contributed by atoms with Crippen molar-refractivity contribution in [1.29, 1.82) is 0 Å². The van der Waals surface area contributed by atoms with Crippen LogP contribution in [-0.2, 0) is 0 Å². The predicted octanol–water partition coefficient (Wildman–Crippen LogP) is 1.76. The van der Waals surface area contributed by atoms with Crippen LogP contribution in [0.25, 0.3) is 0 Å². The molecule has 1 heterocycles. The van der Waals surface area contributed by atoms with Gasteiger partial charge in [-0.05, 0) is 43.7 Å². The smallest absolute Gasteiger partial charge is 0.0107 e. The summed E-state index contributed by atoms with van der Waals surface area (Å²) < 4.78 is 0. The van der Waals surface area contributed by atoms with Crippen LogP contribution in [0.1, 0.15) is 40.0 Å². The first-order valence-electron chi connectivity index (χ1n) is 6.04. The third-order valence-corrected chi connectivity index (χ3v) is 3.69. The van der Waals surface area contributed by atoms with Gasteiger partial charge in [0.15, 0.2) is 0 Å². The van der Waals surface area contributed by atoms with Crippen molar-refractivity contribution in [3.05, 3.63) is 0 Å². The molecule has 2 heteroatoms. The summed E-state index contributed by atoms with van der Waals surface area (Å²) in [5.74, 6) is 0.914. The van der Waals surface area contributed by atoms with Crippen molar-refractivity contribution in [3.8, 4) is 0 Å². The standard InChI is InChI=1S/C12H24N2/c1-12(2,3)10-8-11(10)14-9-4-6-13-7-5-9/h9-11,13-14H,4-8H2,1-3H3. The van der Waals surface area contributed by atoms with Crippen LogP contribution in [0.2, 0.25) is 0 Å². The van der Waals surface area contributed by atoms with E-state index in [0.29, 0.717) is 5.41 Å². The van der Waals surface area contributed by atoms with Crippen molar-refractivity contribution in [2.75, 3.05) is 13.1 Å². The second-order valence-electron chi connectivity index (χ2n) is 6.01. The number of piperidine rings is 1. The largest absolute Gasteiger partial charge is 0.317 e. The molecule has 0 radical (unpaired) electrons. The summed E-state index contributed by atoms with van der Waals surface area (Å²) in [4.78, 5) is 0. The first kappa shape index (κ1) is 10.4. The Balaban J connectivity index is 1.72. The zero-order valence-corrected chi connectivity index (χ0v) is 9.77. The number of nitrogens with one attached hydrogen (secondary N) is 2. The summed E-state index contributed by atoms with van der Waals surface area (Å²) in [6.45, 7) is 9.49. The third-order valence-electron chi connectivity index (χ3n) is 3.69. The summed E-state index contributed by atoms with van der Waals surface area (Å²) in [7, 11) is 0. The molecular formula is C12H24N2. The van der Waals surface area contributed by atoms with Crippen molar-refractivity contribution >= 4 is 0 Å². The Bertz CT molecular complexity index is 189. The van der Waals surface area contributed by atoms with Crippen LogP contribution in [0.4, 0.5) is 0 Å². The lowest BCUT2D eigenvalue weighted by molar-refractivity contribution is 0.312. The van der Waals surface area contributed by atoms with Crippen molar-refractivity contribution in [3.63, 3.8) is 0 Å². The summed E-state index contributed by atoms with van der Waals surface area (Å²) in [6, 6.07) is 1.60. The highest BCUT2D eigenvalue weighted by atomic mass is 15.0. The molecule has 0 aromatic rings. The molecule has 1 saturated carbocycles. The molecule has 82 valence electrons. The minimum Gasteiger partial charge on any atom is -0.317 e. The minimum absolute atomic E-state index is 0.505. The van der Waals surface area contributed by atoms with E-state index in [4.69, 9.17) is 0 Å². The van der Waals surface area contributed by atoms with Gasteiger partial charge in [0, 0.05) is 12.1 Å². The maximum atomic E-state index is 3.81. The van der Waals surface area contributed by atoms with E-state index in [0.717, 1.165) is 18.0 Å². The monoisotopic (exact) mass is 196 g/mol. The topological polar surface area (TPSA) is 24.1 Å². The molecule has 14 heavy (non-hydrogen) atoms. The van der Waals surface area contributed by atoms with Crippen molar-refractivity contribution in [2.24, 2.45) is 11.3 Å². The van der Waals surface area contributed by atoms with Gasteiger partial charge in [0.25, 0.3) is 0 Å². The van der Waals surface area contributed by atoms with Crippen LogP contribution in [0.5, 0.6) is 0 Å². The molecule has 0 aromatic heterocycles. The van der Waals surface area contributed by atoms with E-state index >= 15 is 0 Å². The van der Waals surface area contributed by atoms with Crippen LogP contribution >= 0.6 is 0 Å². The van der Waals surface area contributed by atoms with E-state index in [1.54, 1.807) is 0 Å². The first-order valence-corrected chi connectivity index (χ1v) is 6.04. The summed E-state index contributed by atoms with van der Waals surface area (Å²) >= 11 is 0. The van der Waals surface area contributed by atoms with Gasteiger partial charge in [-0.1, -0.05) is 20.8 Å². The fourth-order valence-corrected chi connectivity index (χ4v) is 2.63. The SMILES string of the molecule is CC(C)(C)C1CC1NC1CCNCC1. The second kappa shape index (κ2) is 3.82. The number of hydrogen-bond donors (Lipinski definition) is 2. The highest BCUT2D eigenvalue weighted by molar-refractivity contribution is 5.01. The summed E-state index contributed by atoms with van der Waals surface area (Å²) in [5, 5.41) is 7.22. The zero-order valence-electron chi connectivity index (χ0n) is 9.77. The Labute approximate surface area is 87.8 Å². The van der Waals surface area contributed by atoms with E-state index in [1.807, 2.05) is 0 Å². The quantitative estimate of drug-likeness (QED) is 0.703. The van der Waals surface area contributed by atoms with Crippen LogP contribution in [0.15, 0.2) is 0 Å². The predicted molar refractivity (Wildman–Crippen MR) is 60.4 cm³/mol. The molecule has 2 N–H and O–H groups in total. The zero-order chi connectivity index (χ0) is 10.2. The lowest BCUT2D eigenvalue weighted by Crippen LogP contribution is -2.41. The van der Waals surface area contributed by atoms with Crippen LogP contribution in [0.3, 0.4) is 0 Å². The molecule has 1 aliphatic heterocycles. The van der Waals surface area contributed by atoms with Gasteiger partial charge in [0.1, 0.15) is 0 Å². The molecule has 1 saturated heterocycles. The Hall–Kier alpha value is -0.0800. The van der Waals surface area contributed by atoms with E-state index in [-0.39, 0.29) is 0 Å². The second-order valence-corrected chi connectivity index (χ2v) is 6.01. The molecule has 2 aliphatic rings. The van der Waals surface area contributed by atoms with Gasteiger partial charge in [-0.3, -0.25) is 0 Å². The Morgan fingerprint density at radius 2 is 1.79 bits per heavy atom. The van der Waals surface area contributed by atoms with Gasteiger partial charge < -0.3 is 10.6 Å². The van der Waals surface area contributed by atoms with Gasteiger partial charge in [-0.15, -0.1) is 0 Å². The number of rotatable bonds is 2. The molecule has 0 bridgehead atoms. The van der Waals surface area contributed by atoms with E-state index < -0.39 is 0 Å². The lowest BCUT2D eigenvalue weighted by Gasteiger charge is -2.25. The minimum atomic E-state index is 0.505. The lowest BCUT2D eigenvalue weighted by atomic mass is 9.90. The van der Waals surface area contributed by atoms with E-state index in [9.17, 15) is 0 Å². The fraction of sp³-hybridized carbons (Fsp3) is 1.00. The Kier molecular flexibility index (Phi) is 2.85. The summed E-state index contributed by atoms with van der Waals surface area (Å²) in [5.41, 5.74) is 0.505. The van der Waals surface area contributed by atoms with Crippen molar-refractivity contribution in [1.82, 2.24) is 10.6 Å². The van der Waals surface area contributed by atoms with Crippen LogP contribution in [-0.4, -0.2) is 25.2 Å². The molecule has 2 nitrogen and oxygen atoms in total. The molecule has 2 atom stereocenters. The van der Waals surface area contributed by atoms with Gasteiger partial charge in [-0.25, -0.2) is 0 Å². The molecule has 2 unspecified atom stereocenters. The van der Waals surface area contributed by atoms with E-state index in [2.05, 4.69) is 31.4 Å². The molecule has 0 aromatic carbocycles. The van der Waals surface area contributed by atoms with Gasteiger partial charge in [0.05, 0.1) is 0 Å². The van der Waals surface area contributed by atoms with Gasteiger partial charge in [0.2, 0.25) is 0 Å². The Morgan fingerprint density at radius 3 is 2.29 bits per heavy atom. The average Bonchev–Trinajstić information content (AvgIpc) is 2.85. The molecule has 2 rings (SSSR count). The summed E-state index contributed by atoms with van der Waals surface area (Å²) in [6.07, 6.45) is 4.02. The van der Waals surface area contributed by atoms with Crippen molar-refractivity contribution in [2.45, 2.75) is 52.1 Å². The fourth-order valence-electron chi connectivity index (χ4n) is 2.63. The molecule has 1 aliphatic carbocycles. The molecule has 0 spiro atoms. The Morgan fingerprint density at radius 1 is 1.14 bits per heavy atom. The van der Waals surface area contributed by atoms with E-state index in [1.165, 1.54) is 32.4 Å². The highest BCUT2D eigenvalue weighted by Crippen LogP contribution is 2.45. The maximum Gasteiger partial charge on any atom is 0.0107 e. The maximum absolute atomic E-state index is 3.81. The molecular weight excluding hydrogens is 172 g/mol. The third kappa shape index (κ3) is 2.48. The van der Waals surface area contributed by atoms with Gasteiger partial charge in [-0.2, -0.15) is 0 Å². The average molecular weight is 196 g/mol. The normalized spacial score (nSPS) is 34.5. The van der Waals surface area contributed by atoms with Crippen LogP contribution in [0, 0.1) is 11.3 Å². The number of hydrogen-bond acceptors (Lipinski definition) is 2. The molecule has 0 amide bonds. The first-order chi connectivity index (χ1) is 6.57. The highest BCUT2D eigenvalue weighted by Gasteiger charge is 2.45. The van der Waals surface area contributed by atoms with Crippen molar-refractivity contribution < 1.29 is 0 Å². The molecule has 2 fully saturated rings. The van der Waals surface area contributed by atoms with Crippen LogP contribution < -0.4 is 10.6 Å².